The topological polar surface area (TPSA) is 77.5 Å². The first-order valence-electron chi connectivity index (χ1n) is 15.4. The predicted octanol–water partition coefficient (Wildman–Crippen LogP) is 5.44. The molecule has 222 valence electrons. The van der Waals surface area contributed by atoms with Gasteiger partial charge in [-0.25, -0.2) is 0 Å². The number of allylic oxidation sites excluding steroid dienone is 1. The number of amides is 1. The minimum atomic E-state index is -0.553. The Labute approximate surface area is 244 Å². The Bertz CT molecular complexity index is 1190. The summed E-state index contributed by atoms with van der Waals surface area (Å²) in [6.07, 6.45) is 8.75. The molecule has 0 spiro atoms. The first kappa shape index (κ1) is 29.8. The maximum Gasteiger partial charge on any atom is 0.288 e. The van der Waals surface area contributed by atoms with E-state index in [1.165, 1.54) is 34.2 Å². The van der Waals surface area contributed by atoms with Crippen LogP contribution in [-0.4, -0.2) is 74.9 Å². The van der Waals surface area contributed by atoms with Gasteiger partial charge in [-0.3, -0.25) is 4.79 Å². The number of rotatable bonds is 13. The van der Waals surface area contributed by atoms with Crippen molar-refractivity contribution in [2.45, 2.75) is 70.1 Å². The van der Waals surface area contributed by atoms with E-state index in [-0.39, 0.29) is 30.4 Å². The Morgan fingerprint density at radius 2 is 1.73 bits per heavy atom. The fourth-order valence-electron chi connectivity index (χ4n) is 6.70. The molecular formula is C34H45NO6. The summed E-state index contributed by atoms with van der Waals surface area (Å²) in [5.74, 6) is 0.250. The molecule has 5 rings (SSSR count). The quantitative estimate of drug-likeness (QED) is 0.279. The summed E-state index contributed by atoms with van der Waals surface area (Å²) in [7, 11) is 1.92. The highest BCUT2D eigenvalue weighted by Gasteiger charge is 2.41. The van der Waals surface area contributed by atoms with E-state index in [2.05, 4.69) is 48.5 Å². The maximum absolute atomic E-state index is 13.8. The van der Waals surface area contributed by atoms with Crippen molar-refractivity contribution in [3.8, 4) is 11.1 Å². The number of nitrogens with zero attached hydrogens (tertiary/aromatic N) is 1. The fourth-order valence-corrected chi connectivity index (χ4v) is 6.70. The van der Waals surface area contributed by atoms with Crippen molar-refractivity contribution in [1.29, 1.82) is 0 Å². The van der Waals surface area contributed by atoms with E-state index in [1.54, 1.807) is 0 Å². The number of carbonyl (C=O) groups excluding carboxylic acids is 1. The van der Waals surface area contributed by atoms with Crippen LogP contribution in [0.4, 0.5) is 0 Å². The summed E-state index contributed by atoms with van der Waals surface area (Å²) < 4.78 is 23.9. The van der Waals surface area contributed by atoms with Gasteiger partial charge >= 0.3 is 0 Å². The number of aliphatic hydroxyl groups excluding tert-OH is 1. The number of benzene rings is 2. The van der Waals surface area contributed by atoms with E-state index in [0.717, 1.165) is 32.1 Å². The van der Waals surface area contributed by atoms with Gasteiger partial charge in [-0.2, -0.15) is 0 Å². The molecule has 2 aliphatic carbocycles. The minimum absolute atomic E-state index is 0.00567. The molecular weight excluding hydrogens is 518 g/mol. The van der Waals surface area contributed by atoms with Gasteiger partial charge in [0.2, 0.25) is 6.29 Å². The van der Waals surface area contributed by atoms with Crippen LogP contribution in [0.2, 0.25) is 0 Å². The molecule has 1 saturated carbocycles. The second-order valence-corrected chi connectivity index (χ2v) is 11.3. The molecule has 1 fully saturated rings. The highest BCUT2D eigenvalue weighted by molar-refractivity contribution is 5.92. The summed E-state index contributed by atoms with van der Waals surface area (Å²) >= 11 is 0. The molecule has 1 amide bonds. The Morgan fingerprint density at radius 1 is 0.976 bits per heavy atom. The summed E-state index contributed by atoms with van der Waals surface area (Å²) in [4.78, 5) is 15.7. The first-order chi connectivity index (χ1) is 20.1. The minimum Gasteiger partial charge on any atom is -0.459 e. The van der Waals surface area contributed by atoms with Gasteiger partial charge in [-0.15, -0.1) is 0 Å². The Balaban J connectivity index is 1.44. The molecule has 0 bridgehead atoms. The molecule has 3 aliphatic rings. The highest BCUT2D eigenvalue weighted by atomic mass is 16.7. The van der Waals surface area contributed by atoms with Crippen LogP contribution in [-0.2, 0) is 30.2 Å². The van der Waals surface area contributed by atoms with Crippen LogP contribution in [0.5, 0.6) is 0 Å². The molecule has 3 atom stereocenters. The van der Waals surface area contributed by atoms with Gasteiger partial charge in [0, 0.05) is 38.1 Å². The molecule has 0 radical (unpaired) electrons. The zero-order valence-electron chi connectivity index (χ0n) is 24.6. The zero-order chi connectivity index (χ0) is 28.6. The van der Waals surface area contributed by atoms with Crippen LogP contribution in [0, 0.1) is 5.92 Å². The Hall–Kier alpha value is -2.71. The van der Waals surface area contributed by atoms with Crippen LogP contribution in [0.15, 0.2) is 54.3 Å². The average Bonchev–Trinajstić information content (AvgIpc) is 3.40. The molecule has 7 heteroatoms. The van der Waals surface area contributed by atoms with E-state index in [4.69, 9.17) is 24.1 Å². The van der Waals surface area contributed by atoms with Crippen LogP contribution < -0.4 is 0 Å². The van der Waals surface area contributed by atoms with E-state index < -0.39 is 6.29 Å². The summed E-state index contributed by atoms with van der Waals surface area (Å²) in [5.41, 5.74) is 6.45. The molecule has 41 heavy (non-hydrogen) atoms. The number of carbonyl (C=O) groups is 1. The summed E-state index contributed by atoms with van der Waals surface area (Å²) in [5, 5.41) is 8.92. The molecule has 2 aromatic carbocycles. The van der Waals surface area contributed by atoms with E-state index >= 15 is 0 Å². The lowest BCUT2D eigenvalue weighted by Gasteiger charge is -2.39. The van der Waals surface area contributed by atoms with Crippen molar-refractivity contribution in [2.24, 2.45) is 5.92 Å². The zero-order valence-corrected chi connectivity index (χ0v) is 24.6. The molecule has 1 heterocycles. The van der Waals surface area contributed by atoms with Crippen molar-refractivity contribution < 1.29 is 28.8 Å². The summed E-state index contributed by atoms with van der Waals surface area (Å²) in [6, 6.07) is 15.4. The maximum atomic E-state index is 13.8. The van der Waals surface area contributed by atoms with E-state index in [1.807, 2.05) is 18.9 Å². The lowest BCUT2D eigenvalue weighted by molar-refractivity contribution is -0.172. The highest BCUT2D eigenvalue weighted by Crippen LogP contribution is 2.46. The first-order valence-corrected chi connectivity index (χ1v) is 15.4. The third kappa shape index (κ3) is 6.86. The van der Waals surface area contributed by atoms with Crippen molar-refractivity contribution >= 4 is 5.91 Å². The van der Waals surface area contributed by atoms with Crippen LogP contribution in [0.3, 0.4) is 0 Å². The molecule has 1 N–H and O–H groups in total. The van der Waals surface area contributed by atoms with Gasteiger partial charge in [0.15, 0.2) is 5.76 Å². The number of aliphatic hydroxyl groups is 1. The van der Waals surface area contributed by atoms with E-state index in [9.17, 15) is 4.79 Å². The van der Waals surface area contributed by atoms with Crippen molar-refractivity contribution in [3.63, 3.8) is 0 Å². The van der Waals surface area contributed by atoms with Gasteiger partial charge in [0.25, 0.3) is 5.91 Å². The normalized spacial score (nSPS) is 22.0. The number of fused-ring (bicyclic) bond motifs is 3. The van der Waals surface area contributed by atoms with Gasteiger partial charge in [-0.05, 0) is 66.5 Å². The van der Waals surface area contributed by atoms with Crippen molar-refractivity contribution in [2.75, 3.05) is 46.7 Å². The molecule has 7 nitrogen and oxygen atoms in total. The van der Waals surface area contributed by atoms with Gasteiger partial charge in [0.05, 0.1) is 26.4 Å². The second-order valence-electron chi connectivity index (χ2n) is 11.3. The largest absolute Gasteiger partial charge is 0.459 e. The Kier molecular flexibility index (Phi) is 10.5. The second kappa shape index (κ2) is 14.5. The standard InChI is InChI=1S/C34H45NO6/c1-3-40-34-29(16-18-38-20-21-39-19-17-36)31(23-32(41-34)33(37)35(2)25-11-5-4-6-12-25)28-15-9-14-27-26-13-8-7-10-24(26)22-30(27)28/h7-10,13-15,23,25,29,31,34,36H,3-6,11-12,16-22H2,1-2H3. The third-order valence-electron chi connectivity index (χ3n) is 8.82. The number of hydrogen-bond donors (Lipinski definition) is 1. The lowest BCUT2D eigenvalue weighted by atomic mass is 9.78. The van der Waals surface area contributed by atoms with Crippen LogP contribution in [0.25, 0.3) is 11.1 Å². The molecule has 0 saturated heterocycles. The smallest absolute Gasteiger partial charge is 0.288 e. The van der Waals surface area contributed by atoms with E-state index in [0.29, 0.717) is 45.2 Å². The molecule has 3 unspecified atom stereocenters. The molecule has 2 aromatic rings. The monoisotopic (exact) mass is 563 g/mol. The SMILES string of the molecule is CCOC1OC(C(=O)N(C)C2CCCCC2)=CC(c2cccc3c2Cc2ccccc2-3)C1CCOCCOCCO. The van der Waals surface area contributed by atoms with Gasteiger partial charge in [0.1, 0.15) is 0 Å². The average molecular weight is 564 g/mol. The number of hydrogen-bond acceptors (Lipinski definition) is 6. The van der Waals surface area contributed by atoms with Crippen LogP contribution in [0.1, 0.15) is 68.1 Å². The predicted molar refractivity (Wildman–Crippen MR) is 158 cm³/mol. The number of ether oxygens (including phenoxy) is 4. The summed E-state index contributed by atoms with van der Waals surface area (Å²) in [6.45, 7) is 4.19. The molecule has 1 aliphatic heterocycles. The molecule has 0 aromatic heterocycles. The number of likely N-dealkylation sites (N-methyl/N-ethyl adjacent to an activating group) is 1. The van der Waals surface area contributed by atoms with Crippen molar-refractivity contribution in [1.82, 2.24) is 4.90 Å². The third-order valence-corrected chi connectivity index (χ3v) is 8.82. The van der Waals surface area contributed by atoms with Gasteiger partial charge < -0.3 is 29.0 Å². The Morgan fingerprint density at radius 3 is 2.51 bits per heavy atom. The fraction of sp³-hybridized carbons (Fsp3) is 0.559. The van der Waals surface area contributed by atoms with Crippen LogP contribution >= 0.6 is 0 Å². The van der Waals surface area contributed by atoms with Crippen molar-refractivity contribution in [3.05, 3.63) is 71.0 Å². The van der Waals surface area contributed by atoms with Gasteiger partial charge in [-0.1, -0.05) is 61.7 Å². The lowest BCUT2D eigenvalue weighted by Crippen LogP contribution is -2.43.